The average molecular weight is 443 g/mol. The van der Waals surface area contributed by atoms with Crippen LogP contribution < -0.4 is 10.4 Å². The topological polar surface area (TPSA) is 68.2 Å². The molecule has 1 aliphatic heterocycles. The van der Waals surface area contributed by atoms with Crippen LogP contribution in [0.15, 0.2) is 73.3 Å². The minimum absolute atomic E-state index is 0.0415. The molecule has 0 spiro atoms. The highest BCUT2D eigenvalue weighted by Gasteiger charge is 2.51. The van der Waals surface area contributed by atoms with E-state index in [0.29, 0.717) is 6.42 Å². The molecule has 0 unspecified atom stereocenters. The van der Waals surface area contributed by atoms with Crippen molar-refractivity contribution in [1.29, 1.82) is 0 Å². The lowest BCUT2D eigenvalue weighted by atomic mass is 10.0. The molecule has 5 nitrogen and oxygen atoms in total. The Kier molecular flexibility index (Phi) is 7.86. The second-order valence-electron chi connectivity index (χ2n) is 9.01. The Morgan fingerprint density at radius 1 is 0.968 bits per heavy atom. The molecule has 1 fully saturated rings. The van der Waals surface area contributed by atoms with E-state index in [0.717, 1.165) is 10.4 Å². The van der Waals surface area contributed by atoms with Crippen LogP contribution in [0.4, 0.5) is 0 Å². The van der Waals surface area contributed by atoms with Crippen molar-refractivity contribution in [1.82, 2.24) is 0 Å². The van der Waals surface area contributed by atoms with Gasteiger partial charge in [0.2, 0.25) is 0 Å². The van der Waals surface area contributed by atoms with Gasteiger partial charge in [0.05, 0.1) is 12.7 Å². The molecule has 0 amide bonds. The van der Waals surface area contributed by atoms with E-state index in [9.17, 15) is 10.2 Å². The van der Waals surface area contributed by atoms with Gasteiger partial charge in [0.25, 0.3) is 8.32 Å². The van der Waals surface area contributed by atoms with Crippen molar-refractivity contribution in [3.05, 3.63) is 73.3 Å². The Labute approximate surface area is 186 Å². The van der Waals surface area contributed by atoms with Crippen LogP contribution in [0, 0.1) is 0 Å². The van der Waals surface area contributed by atoms with Crippen LogP contribution in [-0.2, 0) is 13.9 Å². The van der Waals surface area contributed by atoms with Gasteiger partial charge in [0.1, 0.15) is 25.1 Å². The van der Waals surface area contributed by atoms with Crippen LogP contribution in [0.25, 0.3) is 0 Å². The molecule has 1 aliphatic rings. The summed E-state index contributed by atoms with van der Waals surface area (Å²) >= 11 is 0. The van der Waals surface area contributed by atoms with Gasteiger partial charge in [0, 0.05) is 0 Å². The lowest BCUT2D eigenvalue weighted by Crippen LogP contribution is -2.67. The molecule has 6 heteroatoms. The fourth-order valence-electron chi connectivity index (χ4n) is 4.42. The molecule has 1 heterocycles. The van der Waals surface area contributed by atoms with Gasteiger partial charge in [-0.2, -0.15) is 0 Å². The zero-order valence-electron chi connectivity index (χ0n) is 18.6. The Morgan fingerprint density at radius 2 is 1.45 bits per heavy atom. The van der Waals surface area contributed by atoms with Crippen LogP contribution in [-0.4, -0.2) is 56.3 Å². The molecule has 0 aliphatic carbocycles. The quantitative estimate of drug-likeness (QED) is 0.462. The van der Waals surface area contributed by atoms with Gasteiger partial charge in [-0.05, 0) is 21.8 Å². The third-order valence-corrected chi connectivity index (χ3v) is 10.9. The fourth-order valence-corrected chi connectivity index (χ4v) is 8.99. The second-order valence-corrected chi connectivity index (χ2v) is 13.3. The van der Waals surface area contributed by atoms with E-state index < -0.39 is 32.7 Å². The highest BCUT2D eigenvalue weighted by molar-refractivity contribution is 6.99. The van der Waals surface area contributed by atoms with Crippen molar-refractivity contribution in [3.63, 3.8) is 0 Å². The monoisotopic (exact) mass is 442 g/mol. The molecule has 2 aromatic rings. The number of hydrogen-bond donors (Lipinski definition) is 2. The molecule has 0 saturated carbocycles. The molecule has 3 rings (SSSR count). The van der Waals surface area contributed by atoms with E-state index in [1.165, 1.54) is 0 Å². The van der Waals surface area contributed by atoms with Crippen molar-refractivity contribution in [2.75, 3.05) is 13.4 Å². The molecule has 2 aromatic carbocycles. The summed E-state index contributed by atoms with van der Waals surface area (Å²) < 4.78 is 18.0. The van der Waals surface area contributed by atoms with Crippen LogP contribution >= 0.6 is 0 Å². The van der Waals surface area contributed by atoms with E-state index in [1.54, 1.807) is 6.08 Å². The predicted octanol–water partition coefficient (Wildman–Crippen LogP) is 2.60. The zero-order valence-corrected chi connectivity index (χ0v) is 19.6. The Hall–Kier alpha value is -1.80. The molecular weight excluding hydrogens is 408 g/mol. The molecule has 0 radical (unpaired) electrons. The summed E-state index contributed by atoms with van der Waals surface area (Å²) in [6, 6.07) is 20.6. The second kappa shape index (κ2) is 10.2. The number of rotatable bonds is 9. The summed E-state index contributed by atoms with van der Waals surface area (Å²) in [6.07, 6.45) is -0.994. The van der Waals surface area contributed by atoms with Gasteiger partial charge in [-0.15, -0.1) is 6.58 Å². The summed E-state index contributed by atoms with van der Waals surface area (Å²) in [5.41, 5.74) is 0. The van der Waals surface area contributed by atoms with Gasteiger partial charge in [-0.25, -0.2) is 0 Å². The van der Waals surface area contributed by atoms with Crippen molar-refractivity contribution in [2.45, 2.75) is 56.6 Å². The van der Waals surface area contributed by atoms with Gasteiger partial charge >= 0.3 is 0 Å². The minimum Gasteiger partial charge on any atom is -0.405 e. The highest BCUT2D eigenvalue weighted by atomic mass is 28.4. The number of aliphatic hydroxyl groups excluding tert-OH is 2. The van der Waals surface area contributed by atoms with E-state index in [1.807, 2.05) is 36.4 Å². The first-order valence-electron chi connectivity index (χ1n) is 10.8. The highest BCUT2D eigenvalue weighted by Crippen LogP contribution is 2.37. The van der Waals surface area contributed by atoms with E-state index in [-0.39, 0.29) is 18.4 Å². The van der Waals surface area contributed by atoms with E-state index in [4.69, 9.17) is 13.9 Å². The molecule has 0 aromatic heterocycles. The van der Waals surface area contributed by atoms with Gasteiger partial charge in [0.15, 0.2) is 0 Å². The summed E-state index contributed by atoms with van der Waals surface area (Å²) in [4.78, 5) is 0. The third-order valence-electron chi connectivity index (χ3n) is 5.90. The summed E-state index contributed by atoms with van der Waals surface area (Å²) in [5, 5.41) is 23.5. The van der Waals surface area contributed by atoms with Crippen molar-refractivity contribution in [2.24, 2.45) is 0 Å². The van der Waals surface area contributed by atoms with E-state index >= 15 is 0 Å². The Morgan fingerprint density at radius 3 is 1.90 bits per heavy atom. The van der Waals surface area contributed by atoms with E-state index in [2.05, 4.69) is 51.6 Å². The Bertz CT molecular complexity index is 781. The summed E-state index contributed by atoms with van der Waals surface area (Å²) in [7, 11) is -2.76. The molecule has 2 N–H and O–H groups in total. The van der Waals surface area contributed by atoms with Crippen molar-refractivity contribution in [3.8, 4) is 0 Å². The first-order chi connectivity index (χ1) is 14.8. The van der Waals surface area contributed by atoms with Crippen LogP contribution in [0.5, 0.6) is 0 Å². The van der Waals surface area contributed by atoms with Crippen LogP contribution in [0.2, 0.25) is 5.04 Å². The molecule has 168 valence electrons. The summed E-state index contributed by atoms with van der Waals surface area (Å²) in [6.45, 7) is 10.4. The van der Waals surface area contributed by atoms with Gasteiger partial charge < -0.3 is 24.1 Å². The van der Waals surface area contributed by atoms with Crippen molar-refractivity contribution >= 4 is 18.7 Å². The smallest absolute Gasteiger partial charge is 0.261 e. The first kappa shape index (κ1) is 23.9. The minimum atomic E-state index is -2.76. The zero-order chi connectivity index (χ0) is 22.5. The number of ether oxygens (including phenoxy) is 2. The fraction of sp³-hybridized carbons (Fsp3) is 0.440. The molecular formula is C25H34O5Si. The Balaban J connectivity index is 1.92. The van der Waals surface area contributed by atoms with Gasteiger partial charge in [-0.3, -0.25) is 0 Å². The van der Waals surface area contributed by atoms with Crippen LogP contribution in [0.3, 0.4) is 0 Å². The normalized spacial score (nSPS) is 21.6. The molecule has 4 atom stereocenters. The lowest BCUT2D eigenvalue weighted by molar-refractivity contribution is -0.0490. The first-order valence-corrected chi connectivity index (χ1v) is 12.7. The number of aliphatic hydroxyl groups is 2. The maximum atomic E-state index is 11.0. The third kappa shape index (κ3) is 5.00. The largest absolute Gasteiger partial charge is 0.405 e. The average Bonchev–Trinajstić information content (AvgIpc) is 3.25. The SMILES string of the molecule is C=CC[C@@H](O)[C@@H]1OCO[C@@H]1[C@H](O)CO[Si](c1ccccc1)(c1ccccc1)C(C)(C)C. The predicted molar refractivity (Wildman–Crippen MR) is 125 cm³/mol. The molecule has 31 heavy (non-hydrogen) atoms. The maximum absolute atomic E-state index is 11.0. The molecule has 0 bridgehead atoms. The lowest BCUT2D eigenvalue weighted by Gasteiger charge is -2.43. The number of benzene rings is 2. The molecule has 1 saturated heterocycles. The van der Waals surface area contributed by atoms with Crippen molar-refractivity contribution < 1.29 is 24.1 Å². The maximum Gasteiger partial charge on any atom is 0.261 e. The summed E-state index contributed by atoms with van der Waals surface area (Å²) in [5.74, 6) is 0. The standard InChI is InChI=1S/C25H34O5Si/c1-5-12-21(26)23-24(29-18-28-23)22(27)17-30-31(25(2,3)4,19-13-8-6-9-14-19)20-15-10-7-11-16-20/h5-11,13-16,21-24,26-27H,1,12,17-18H2,2-4H3/t21-,22-,23+,24-/m1/s1. The van der Waals surface area contributed by atoms with Gasteiger partial charge in [-0.1, -0.05) is 87.5 Å². The number of hydrogen-bond acceptors (Lipinski definition) is 5. The van der Waals surface area contributed by atoms with Crippen LogP contribution in [0.1, 0.15) is 27.2 Å².